The third kappa shape index (κ3) is 7.34. The highest BCUT2D eigenvalue weighted by atomic mass is 16.5. The lowest BCUT2D eigenvalue weighted by atomic mass is 9.79. The summed E-state index contributed by atoms with van der Waals surface area (Å²) < 4.78 is 5.57. The number of methoxy groups -OCH3 is 1. The van der Waals surface area contributed by atoms with E-state index in [4.69, 9.17) is 4.74 Å². The number of hydrogen-bond donors (Lipinski definition) is 0. The van der Waals surface area contributed by atoms with Gasteiger partial charge in [-0.05, 0) is 95.0 Å². The zero-order valence-corrected chi connectivity index (χ0v) is 27.6. The fourth-order valence-electron chi connectivity index (χ4n) is 7.33. The molecule has 47 heavy (non-hydrogen) atoms. The van der Waals surface area contributed by atoms with Crippen LogP contribution in [0.5, 0.6) is 5.75 Å². The minimum absolute atomic E-state index is 0.918. The Labute approximate surface area is 280 Å². The second kappa shape index (κ2) is 14.8. The number of nitrogens with zero attached hydrogens (tertiary/aromatic N) is 3. The van der Waals surface area contributed by atoms with Crippen molar-refractivity contribution in [3.8, 4) is 5.75 Å². The standard InChI is InChI=1S/C31H34N2O.C12H11N/c1-34-31-9-5-4-8-30(31)33-20-18-32(19-21-33)17-16-23-10-11-25-13-14-27-26-7-3-2-6-24(26)12-15-28(27)29(25)22-23;1-2-6-11(7-3-1)10-12-8-4-5-9-13-12/h3-5,7-11,13-14,22H,2,6,12,15-21H2,1H3;1-9H,10H2. The van der Waals surface area contributed by atoms with Crippen molar-refractivity contribution in [3.05, 3.63) is 155 Å². The van der Waals surface area contributed by atoms with E-state index in [1.54, 1.807) is 18.2 Å². The average molecular weight is 620 g/mol. The van der Waals surface area contributed by atoms with Gasteiger partial charge in [-0.15, -0.1) is 0 Å². The Morgan fingerprint density at radius 1 is 0.745 bits per heavy atom. The summed E-state index contributed by atoms with van der Waals surface area (Å²) in [5, 5.41) is 2.86. The van der Waals surface area contributed by atoms with Crippen LogP contribution in [-0.4, -0.2) is 49.7 Å². The van der Waals surface area contributed by atoms with Crippen LogP contribution >= 0.6 is 0 Å². The highest BCUT2D eigenvalue weighted by Gasteiger charge is 2.22. The summed E-state index contributed by atoms with van der Waals surface area (Å²) >= 11 is 0. The van der Waals surface area contributed by atoms with E-state index in [1.165, 1.54) is 64.4 Å². The largest absolute Gasteiger partial charge is 0.495 e. The lowest BCUT2D eigenvalue weighted by Gasteiger charge is -2.36. The SMILES string of the molecule is COc1ccccc1N1CCN(CCc2ccc3ccc4c(c3c2)CCC2=C4C=CCC2)CC1.c1ccc(Cc2ccccn2)cc1. The van der Waals surface area contributed by atoms with Gasteiger partial charge in [0.25, 0.3) is 0 Å². The summed E-state index contributed by atoms with van der Waals surface area (Å²) in [6.45, 7) is 5.43. The fraction of sp³-hybridized carbons (Fsp3) is 0.279. The second-order valence-corrected chi connectivity index (χ2v) is 12.8. The van der Waals surface area contributed by atoms with Crippen molar-refractivity contribution in [3.63, 3.8) is 0 Å². The van der Waals surface area contributed by atoms with Gasteiger partial charge in [0.2, 0.25) is 0 Å². The number of ether oxygens (including phenoxy) is 1. The van der Waals surface area contributed by atoms with Gasteiger partial charge in [-0.3, -0.25) is 9.88 Å². The van der Waals surface area contributed by atoms with Gasteiger partial charge in [0.1, 0.15) is 5.75 Å². The van der Waals surface area contributed by atoms with E-state index in [-0.39, 0.29) is 0 Å². The van der Waals surface area contributed by atoms with Crippen LogP contribution < -0.4 is 9.64 Å². The fourth-order valence-corrected chi connectivity index (χ4v) is 7.33. The first-order valence-electron chi connectivity index (χ1n) is 17.2. The number of allylic oxidation sites excluding steroid dienone is 4. The molecule has 0 spiro atoms. The molecular formula is C43H45N3O. The number of fused-ring (bicyclic) bond motifs is 4. The van der Waals surface area contributed by atoms with Gasteiger partial charge in [0, 0.05) is 51.0 Å². The number of piperazine rings is 1. The number of rotatable bonds is 7. The maximum Gasteiger partial charge on any atom is 0.142 e. The monoisotopic (exact) mass is 619 g/mol. The first kappa shape index (κ1) is 31.0. The van der Waals surface area contributed by atoms with Crippen molar-refractivity contribution in [1.82, 2.24) is 9.88 Å². The molecule has 0 radical (unpaired) electrons. The van der Waals surface area contributed by atoms with Crippen LogP contribution in [0.1, 0.15) is 47.2 Å². The molecule has 0 atom stereocenters. The van der Waals surface area contributed by atoms with E-state index >= 15 is 0 Å². The van der Waals surface area contributed by atoms with E-state index < -0.39 is 0 Å². The van der Waals surface area contributed by atoms with Crippen LogP contribution in [0.15, 0.2) is 127 Å². The predicted molar refractivity (Wildman–Crippen MR) is 196 cm³/mol. The van der Waals surface area contributed by atoms with Crippen LogP contribution in [0.25, 0.3) is 16.3 Å². The molecule has 3 aliphatic rings. The normalized spacial score (nSPS) is 15.9. The summed E-state index contributed by atoms with van der Waals surface area (Å²) in [5.74, 6) is 0.974. The quantitative estimate of drug-likeness (QED) is 0.182. The first-order chi connectivity index (χ1) is 23.2. The Morgan fingerprint density at radius 3 is 2.38 bits per heavy atom. The Balaban J connectivity index is 0.000000226. The zero-order chi connectivity index (χ0) is 31.8. The van der Waals surface area contributed by atoms with Crippen LogP contribution in [0, 0.1) is 0 Å². The molecule has 0 unspecified atom stereocenters. The molecule has 1 fully saturated rings. The number of anilines is 1. The predicted octanol–water partition coefficient (Wildman–Crippen LogP) is 8.94. The van der Waals surface area contributed by atoms with Gasteiger partial charge in [-0.25, -0.2) is 0 Å². The summed E-state index contributed by atoms with van der Waals surface area (Å²) in [7, 11) is 1.76. The molecule has 238 valence electrons. The first-order valence-corrected chi connectivity index (χ1v) is 17.2. The van der Waals surface area contributed by atoms with Crippen molar-refractivity contribution in [2.45, 2.75) is 38.5 Å². The van der Waals surface area contributed by atoms with Gasteiger partial charge in [-0.1, -0.05) is 96.6 Å². The molecule has 1 saturated heterocycles. The number of aryl methyl sites for hydroxylation is 1. The maximum absolute atomic E-state index is 5.57. The van der Waals surface area contributed by atoms with E-state index in [9.17, 15) is 0 Å². The van der Waals surface area contributed by atoms with E-state index in [0.717, 1.165) is 57.0 Å². The molecule has 4 nitrogen and oxygen atoms in total. The van der Waals surface area contributed by atoms with Crippen molar-refractivity contribution in [2.75, 3.05) is 44.7 Å². The molecule has 0 saturated carbocycles. The summed E-state index contributed by atoms with van der Waals surface area (Å²) in [6, 6.07) is 36.6. The lowest BCUT2D eigenvalue weighted by Crippen LogP contribution is -2.47. The number of pyridine rings is 1. The van der Waals surface area contributed by atoms with Gasteiger partial charge in [-0.2, -0.15) is 0 Å². The third-order valence-electron chi connectivity index (χ3n) is 9.91. The molecule has 2 heterocycles. The van der Waals surface area contributed by atoms with Gasteiger partial charge >= 0.3 is 0 Å². The lowest BCUT2D eigenvalue weighted by molar-refractivity contribution is 0.260. The van der Waals surface area contributed by atoms with Crippen molar-refractivity contribution in [1.29, 1.82) is 0 Å². The molecule has 0 bridgehead atoms. The molecule has 2 aliphatic carbocycles. The number of benzene rings is 4. The van der Waals surface area contributed by atoms with Crippen LogP contribution in [0.3, 0.4) is 0 Å². The molecule has 4 aromatic carbocycles. The van der Waals surface area contributed by atoms with Crippen LogP contribution in [0.2, 0.25) is 0 Å². The van der Waals surface area contributed by atoms with E-state index in [0.29, 0.717) is 0 Å². The van der Waals surface area contributed by atoms with Gasteiger partial charge in [0.15, 0.2) is 0 Å². The Bertz CT molecular complexity index is 1820. The van der Waals surface area contributed by atoms with Crippen molar-refractivity contribution >= 4 is 22.0 Å². The van der Waals surface area contributed by atoms with E-state index in [2.05, 4.69) is 99.7 Å². The van der Waals surface area contributed by atoms with Gasteiger partial charge in [0.05, 0.1) is 12.8 Å². The summed E-state index contributed by atoms with van der Waals surface area (Å²) in [5.41, 5.74) is 11.3. The summed E-state index contributed by atoms with van der Waals surface area (Å²) in [6.07, 6.45) is 13.5. The van der Waals surface area contributed by atoms with Crippen LogP contribution in [0.4, 0.5) is 5.69 Å². The Kier molecular flexibility index (Phi) is 9.77. The minimum atomic E-state index is 0.918. The molecule has 8 rings (SSSR count). The molecule has 1 aliphatic heterocycles. The van der Waals surface area contributed by atoms with Crippen molar-refractivity contribution in [2.24, 2.45) is 0 Å². The smallest absolute Gasteiger partial charge is 0.142 e. The molecule has 4 heteroatoms. The topological polar surface area (TPSA) is 28.6 Å². The highest BCUT2D eigenvalue weighted by Crippen LogP contribution is 2.40. The van der Waals surface area contributed by atoms with Crippen molar-refractivity contribution < 1.29 is 4.74 Å². The number of para-hydroxylation sites is 2. The maximum atomic E-state index is 5.57. The summed E-state index contributed by atoms with van der Waals surface area (Å²) in [4.78, 5) is 9.34. The molecule has 5 aromatic rings. The molecule has 1 aromatic heterocycles. The minimum Gasteiger partial charge on any atom is -0.495 e. The Hall–Kier alpha value is -4.67. The number of hydrogen-bond acceptors (Lipinski definition) is 4. The second-order valence-electron chi connectivity index (χ2n) is 12.8. The molecule has 0 N–H and O–H groups in total. The zero-order valence-electron chi connectivity index (χ0n) is 27.6. The molecular weight excluding hydrogens is 574 g/mol. The Morgan fingerprint density at radius 2 is 1.55 bits per heavy atom. The highest BCUT2D eigenvalue weighted by molar-refractivity contribution is 5.94. The number of aromatic nitrogens is 1. The van der Waals surface area contributed by atoms with Crippen LogP contribution in [-0.2, 0) is 19.3 Å². The van der Waals surface area contributed by atoms with E-state index in [1.807, 2.05) is 36.5 Å². The average Bonchev–Trinajstić information content (AvgIpc) is 3.15. The third-order valence-corrected chi connectivity index (χ3v) is 9.91. The van der Waals surface area contributed by atoms with Gasteiger partial charge < -0.3 is 9.64 Å². The molecule has 0 amide bonds.